The molecule has 0 aliphatic heterocycles. The number of hydrogen-bond acceptors (Lipinski definition) is 3. The minimum absolute atomic E-state index is 0.109. The first-order valence-electron chi connectivity index (χ1n) is 6.07. The van der Waals surface area contributed by atoms with E-state index >= 15 is 0 Å². The number of sulfone groups is 1. The average Bonchev–Trinajstić information content (AvgIpc) is 2.10. The molecule has 4 heteroatoms. The molecule has 0 radical (unpaired) electrons. The van der Waals surface area contributed by atoms with Crippen molar-refractivity contribution in [1.82, 2.24) is 0 Å². The van der Waals surface area contributed by atoms with Crippen molar-refractivity contribution in [1.29, 1.82) is 0 Å². The van der Waals surface area contributed by atoms with Crippen LogP contribution in [0, 0.1) is 5.41 Å². The first kappa shape index (κ1) is 15.9. The topological polar surface area (TPSA) is 54.4 Å². The fourth-order valence-corrected chi connectivity index (χ4v) is 2.98. The predicted octanol–water partition coefficient (Wildman–Crippen LogP) is 2.39. The van der Waals surface area contributed by atoms with Gasteiger partial charge in [-0.2, -0.15) is 0 Å². The van der Waals surface area contributed by atoms with Crippen molar-refractivity contribution >= 4 is 9.84 Å². The van der Waals surface area contributed by atoms with Crippen molar-refractivity contribution in [2.24, 2.45) is 5.41 Å². The van der Waals surface area contributed by atoms with Crippen LogP contribution in [-0.4, -0.2) is 31.1 Å². The Labute approximate surface area is 100 Å². The van der Waals surface area contributed by atoms with Gasteiger partial charge in [0, 0.05) is 5.75 Å². The lowest BCUT2D eigenvalue weighted by Crippen LogP contribution is -2.25. The second kappa shape index (κ2) is 6.60. The molecule has 0 fully saturated rings. The highest BCUT2D eigenvalue weighted by Crippen LogP contribution is 2.23. The smallest absolute Gasteiger partial charge is 0.150 e. The molecule has 0 rings (SSSR count). The zero-order valence-corrected chi connectivity index (χ0v) is 11.8. The van der Waals surface area contributed by atoms with Crippen molar-refractivity contribution in [2.45, 2.75) is 59.5 Å². The molecule has 16 heavy (non-hydrogen) atoms. The van der Waals surface area contributed by atoms with Crippen molar-refractivity contribution in [2.75, 3.05) is 11.5 Å². The summed E-state index contributed by atoms with van der Waals surface area (Å²) in [6.45, 7) is 7.85. The summed E-state index contributed by atoms with van der Waals surface area (Å²) in [6, 6.07) is 0. The average molecular weight is 250 g/mol. The van der Waals surface area contributed by atoms with E-state index in [0.717, 1.165) is 6.42 Å². The summed E-state index contributed by atoms with van der Waals surface area (Å²) in [5.74, 6) is 0.548. The normalized spacial score (nSPS) is 15.1. The lowest BCUT2D eigenvalue weighted by molar-refractivity contribution is 0.0538. The molecule has 0 spiro atoms. The Bertz CT molecular complexity index is 275. The number of unbranched alkanes of at least 4 members (excludes halogenated alkanes) is 1. The van der Waals surface area contributed by atoms with Gasteiger partial charge in [-0.3, -0.25) is 0 Å². The van der Waals surface area contributed by atoms with Crippen molar-refractivity contribution in [3.63, 3.8) is 0 Å². The van der Waals surface area contributed by atoms with Gasteiger partial charge in [-0.05, 0) is 31.1 Å². The lowest BCUT2D eigenvalue weighted by atomic mass is 9.86. The van der Waals surface area contributed by atoms with Crippen LogP contribution in [0.15, 0.2) is 0 Å². The highest BCUT2D eigenvalue weighted by atomic mass is 32.2. The van der Waals surface area contributed by atoms with Crippen LogP contribution in [0.25, 0.3) is 0 Å². The van der Waals surface area contributed by atoms with Gasteiger partial charge in [0.05, 0.1) is 11.9 Å². The van der Waals surface area contributed by atoms with Crippen LogP contribution in [0.5, 0.6) is 0 Å². The van der Waals surface area contributed by atoms with Crippen LogP contribution in [-0.2, 0) is 9.84 Å². The lowest BCUT2D eigenvalue weighted by Gasteiger charge is -2.25. The molecule has 1 atom stereocenters. The summed E-state index contributed by atoms with van der Waals surface area (Å²) in [5, 5.41) is 9.77. The van der Waals surface area contributed by atoms with E-state index in [0.29, 0.717) is 19.3 Å². The molecule has 0 amide bonds. The van der Waals surface area contributed by atoms with Gasteiger partial charge in [0.2, 0.25) is 0 Å². The monoisotopic (exact) mass is 250 g/mol. The number of aliphatic hydroxyl groups is 1. The first-order chi connectivity index (χ1) is 7.19. The third-order valence-corrected chi connectivity index (χ3v) is 4.64. The standard InChI is InChI=1S/C12H26O3S/c1-5-9-16(14,15)10-7-6-8-11(13)12(2,3)4/h11,13H,5-10H2,1-4H3. The van der Waals surface area contributed by atoms with Crippen LogP contribution in [0.4, 0.5) is 0 Å². The molecule has 0 aromatic rings. The third-order valence-electron chi connectivity index (χ3n) is 2.70. The second-order valence-corrected chi connectivity index (χ2v) is 7.83. The summed E-state index contributed by atoms with van der Waals surface area (Å²) in [6.07, 6.45) is 2.47. The molecule has 0 saturated carbocycles. The van der Waals surface area contributed by atoms with Gasteiger partial charge in [-0.25, -0.2) is 8.42 Å². The van der Waals surface area contributed by atoms with E-state index in [4.69, 9.17) is 0 Å². The molecular formula is C12H26O3S. The van der Waals surface area contributed by atoms with Gasteiger partial charge in [0.1, 0.15) is 9.84 Å². The van der Waals surface area contributed by atoms with Crippen molar-refractivity contribution in [3.05, 3.63) is 0 Å². The molecule has 0 heterocycles. The van der Waals surface area contributed by atoms with E-state index in [1.165, 1.54) is 0 Å². The Kier molecular flexibility index (Phi) is 6.56. The zero-order chi connectivity index (χ0) is 12.8. The Morgan fingerprint density at radius 2 is 1.69 bits per heavy atom. The van der Waals surface area contributed by atoms with Gasteiger partial charge in [-0.1, -0.05) is 27.7 Å². The highest BCUT2D eigenvalue weighted by molar-refractivity contribution is 7.91. The molecular weight excluding hydrogens is 224 g/mol. The van der Waals surface area contributed by atoms with Crippen LogP contribution in [0.1, 0.15) is 53.4 Å². The molecule has 3 nitrogen and oxygen atoms in total. The minimum atomic E-state index is -2.85. The van der Waals surface area contributed by atoms with Gasteiger partial charge < -0.3 is 5.11 Å². The molecule has 0 aromatic carbocycles. The molecule has 0 bridgehead atoms. The Morgan fingerprint density at radius 1 is 1.12 bits per heavy atom. The zero-order valence-electron chi connectivity index (χ0n) is 11.0. The largest absolute Gasteiger partial charge is 0.393 e. The Hall–Kier alpha value is -0.0900. The van der Waals surface area contributed by atoms with E-state index in [9.17, 15) is 13.5 Å². The van der Waals surface area contributed by atoms with Crippen molar-refractivity contribution in [3.8, 4) is 0 Å². The fraction of sp³-hybridized carbons (Fsp3) is 1.00. The summed E-state index contributed by atoms with van der Waals surface area (Å²) < 4.78 is 22.8. The number of rotatable bonds is 7. The van der Waals surface area contributed by atoms with Crippen LogP contribution >= 0.6 is 0 Å². The maximum atomic E-state index is 11.4. The van der Waals surface area contributed by atoms with Gasteiger partial charge in [0.15, 0.2) is 0 Å². The number of aliphatic hydroxyl groups excluding tert-OH is 1. The van der Waals surface area contributed by atoms with E-state index in [2.05, 4.69) is 0 Å². The fourth-order valence-electron chi connectivity index (χ4n) is 1.51. The SMILES string of the molecule is CCCS(=O)(=O)CCCCC(O)C(C)(C)C. The van der Waals surface area contributed by atoms with Gasteiger partial charge in [0.25, 0.3) is 0 Å². The summed E-state index contributed by atoms with van der Waals surface area (Å²) in [4.78, 5) is 0. The van der Waals surface area contributed by atoms with Crippen LogP contribution < -0.4 is 0 Å². The molecule has 1 unspecified atom stereocenters. The molecule has 0 aliphatic carbocycles. The summed E-state index contributed by atoms with van der Waals surface area (Å²) in [7, 11) is -2.85. The summed E-state index contributed by atoms with van der Waals surface area (Å²) >= 11 is 0. The van der Waals surface area contributed by atoms with E-state index < -0.39 is 9.84 Å². The molecule has 1 N–H and O–H groups in total. The Morgan fingerprint density at radius 3 is 2.12 bits per heavy atom. The first-order valence-corrected chi connectivity index (χ1v) is 7.89. The van der Waals surface area contributed by atoms with E-state index in [1.807, 2.05) is 27.7 Å². The van der Waals surface area contributed by atoms with Gasteiger partial charge in [-0.15, -0.1) is 0 Å². The third kappa shape index (κ3) is 7.23. The van der Waals surface area contributed by atoms with E-state index in [1.54, 1.807) is 0 Å². The second-order valence-electron chi connectivity index (χ2n) is 5.53. The van der Waals surface area contributed by atoms with E-state index in [-0.39, 0.29) is 23.0 Å². The maximum Gasteiger partial charge on any atom is 0.150 e. The Balaban J connectivity index is 3.77. The van der Waals surface area contributed by atoms with Crippen molar-refractivity contribution < 1.29 is 13.5 Å². The number of hydrogen-bond donors (Lipinski definition) is 1. The molecule has 0 aliphatic rings. The molecule has 0 saturated heterocycles. The van der Waals surface area contributed by atoms with Crippen LogP contribution in [0.2, 0.25) is 0 Å². The van der Waals surface area contributed by atoms with Gasteiger partial charge >= 0.3 is 0 Å². The quantitative estimate of drug-likeness (QED) is 0.706. The predicted molar refractivity (Wildman–Crippen MR) is 68.3 cm³/mol. The highest BCUT2D eigenvalue weighted by Gasteiger charge is 2.21. The maximum absolute atomic E-state index is 11.4. The van der Waals surface area contributed by atoms with Crippen LogP contribution in [0.3, 0.4) is 0 Å². The summed E-state index contributed by atoms with van der Waals surface area (Å²) in [5.41, 5.74) is -0.109. The molecule has 0 aromatic heterocycles. The molecule has 98 valence electrons. The minimum Gasteiger partial charge on any atom is -0.393 e.